The number of nitrogens with one attached hydrogen (secondary N) is 1. The van der Waals surface area contributed by atoms with Gasteiger partial charge in [-0.2, -0.15) is 0 Å². The van der Waals surface area contributed by atoms with E-state index >= 15 is 0 Å². The van der Waals surface area contributed by atoms with E-state index in [1.165, 1.54) is 0 Å². The van der Waals surface area contributed by atoms with Gasteiger partial charge >= 0.3 is 0 Å². The molecule has 1 aromatic rings. The molecule has 0 fully saturated rings. The molecule has 88 valence electrons. The summed E-state index contributed by atoms with van der Waals surface area (Å²) in [6.45, 7) is 4.28. The number of benzene rings is 1. The van der Waals surface area contributed by atoms with E-state index in [-0.39, 0.29) is 5.91 Å². The topological polar surface area (TPSA) is 29.1 Å². The molecule has 1 N–H and O–H groups in total. The Morgan fingerprint density at radius 1 is 1.38 bits per heavy atom. The predicted molar refractivity (Wildman–Crippen MR) is 71.2 cm³/mol. The summed E-state index contributed by atoms with van der Waals surface area (Å²) in [7, 11) is 0. The zero-order chi connectivity index (χ0) is 12.2. The third-order valence-electron chi connectivity index (χ3n) is 2.15. The maximum Gasteiger partial charge on any atom is 0.236 e. The van der Waals surface area contributed by atoms with Gasteiger partial charge in [0.2, 0.25) is 5.91 Å². The van der Waals surface area contributed by atoms with Crippen LogP contribution < -0.4 is 5.32 Å². The number of hydrogen-bond acceptors (Lipinski definition) is 1. The molecule has 0 unspecified atom stereocenters. The van der Waals surface area contributed by atoms with Gasteiger partial charge in [0.05, 0.1) is 4.32 Å². The van der Waals surface area contributed by atoms with Gasteiger partial charge in [0.1, 0.15) is 0 Å². The Hall–Kier alpha value is -0.540. The van der Waals surface area contributed by atoms with Gasteiger partial charge in [-0.05, 0) is 38.0 Å². The number of carbonyl (C=O) groups excluding carboxylic acids is 1. The van der Waals surface area contributed by atoms with Crippen LogP contribution in [0, 0.1) is 0 Å². The summed E-state index contributed by atoms with van der Waals surface area (Å²) in [6, 6.07) is 7.64. The van der Waals surface area contributed by atoms with Crippen molar-refractivity contribution in [2.75, 3.05) is 6.54 Å². The quantitative estimate of drug-likeness (QED) is 0.851. The average Bonchev–Trinajstić information content (AvgIpc) is 2.19. The molecule has 0 spiro atoms. The SMILES string of the molecule is CC(C)(Br)C(=O)NCCc1ccc(Cl)cc1. The standard InChI is InChI=1S/C12H15BrClNO/c1-12(2,13)11(16)15-8-7-9-3-5-10(14)6-4-9/h3-6H,7-8H2,1-2H3,(H,15,16). The second kappa shape index (κ2) is 5.69. The Labute approximate surface area is 110 Å². The van der Waals surface area contributed by atoms with Crippen LogP contribution in [0.5, 0.6) is 0 Å². The highest BCUT2D eigenvalue weighted by Crippen LogP contribution is 2.15. The minimum Gasteiger partial charge on any atom is -0.355 e. The molecule has 1 amide bonds. The maximum absolute atomic E-state index is 11.5. The van der Waals surface area contributed by atoms with Gasteiger partial charge in [0, 0.05) is 11.6 Å². The fourth-order valence-electron chi connectivity index (χ4n) is 1.18. The minimum atomic E-state index is -0.507. The fraction of sp³-hybridized carbons (Fsp3) is 0.417. The Morgan fingerprint density at radius 2 is 1.94 bits per heavy atom. The average molecular weight is 305 g/mol. The lowest BCUT2D eigenvalue weighted by Crippen LogP contribution is -2.38. The van der Waals surface area contributed by atoms with E-state index in [4.69, 9.17) is 11.6 Å². The maximum atomic E-state index is 11.5. The summed E-state index contributed by atoms with van der Waals surface area (Å²) < 4.78 is -0.507. The zero-order valence-electron chi connectivity index (χ0n) is 9.39. The number of alkyl halides is 1. The molecule has 0 radical (unpaired) electrons. The van der Waals surface area contributed by atoms with Gasteiger partial charge in [-0.3, -0.25) is 4.79 Å². The molecule has 0 heterocycles. The second-order valence-electron chi connectivity index (χ2n) is 4.10. The molecule has 0 aliphatic carbocycles. The van der Waals surface area contributed by atoms with Crippen LogP contribution in [0.4, 0.5) is 0 Å². The predicted octanol–water partition coefficient (Wildman–Crippen LogP) is 3.17. The van der Waals surface area contributed by atoms with E-state index in [0.29, 0.717) is 6.54 Å². The minimum absolute atomic E-state index is 0.00136. The first-order valence-corrected chi connectivity index (χ1v) is 6.28. The van der Waals surface area contributed by atoms with E-state index in [1.807, 2.05) is 38.1 Å². The number of rotatable bonds is 4. The molecule has 0 aromatic heterocycles. The van der Waals surface area contributed by atoms with Crippen LogP contribution >= 0.6 is 27.5 Å². The first kappa shape index (κ1) is 13.5. The Bertz CT molecular complexity index is 356. The van der Waals surface area contributed by atoms with Crippen LogP contribution in [0.3, 0.4) is 0 Å². The molecule has 0 aliphatic rings. The van der Waals surface area contributed by atoms with Crippen LogP contribution in [0.1, 0.15) is 19.4 Å². The number of amides is 1. The fourth-order valence-corrected chi connectivity index (χ4v) is 1.45. The molecule has 1 aromatic carbocycles. The lowest BCUT2D eigenvalue weighted by atomic mass is 10.1. The van der Waals surface area contributed by atoms with E-state index in [0.717, 1.165) is 17.0 Å². The van der Waals surface area contributed by atoms with Crippen molar-refractivity contribution in [1.29, 1.82) is 0 Å². The molecule has 1 rings (SSSR count). The van der Waals surface area contributed by atoms with E-state index < -0.39 is 4.32 Å². The third kappa shape index (κ3) is 4.54. The lowest BCUT2D eigenvalue weighted by Gasteiger charge is -2.15. The van der Waals surface area contributed by atoms with Gasteiger partial charge in [-0.15, -0.1) is 0 Å². The van der Waals surface area contributed by atoms with Crippen LogP contribution in [-0.2, 0) is 11.2 Å². The van der Waals surface area contributed by atoms with Crippen molar-refractivity contribution in [3.8, 4) is 0 Å². The number of hydrogen-bond donors (Lipinski definition) is 1. The van der Waals surface area contributed by atoms with Crippen LogP contribution in [-0.4, -0.2) is 16.8 Å². The van der Waals surface area contributed by atoms with Crippen LogP contribution in [0.15, 0.2) is 24.3 Å². The highest BCUT2D eigenvalue weighted by molar-refractivity contribution is 9.10. The summed E-state index contributed by atoms with van der Waals surface area (Å²) >= 11 is 9.09. The summed E-state index contributed by atoms with van der Waals surface area (Å²) in [5, 5.41) is 3.60. The van der Waals surface area contributed by atoms with E-state index in [1.54, 1.807) is 0 Å². The molecule has 4 heteroatoms. The van der Waals surface area contributed by atoms with Crippen molar-refractivity contribution in [2.24, 2.45) is 0 Å². The number of carbonyl (C=O) groups is 1. The van der Waals surface area contributed by atoms with Crippen LogP contribution in [0.25, 0.3) is 0 Å². The van der Waals surface area contributed by atoms with Gasteiger partial charge < -0.3 is 5.32 Å². The smallest absolute Gasteiger partial charge is 0.236 e. The van der Waals surface area contributed by atoms with Crippen molar-refractivity contribution in [3.05, 3.63) is 34.9 Å². The van der Waals surface area contributed by atoms with Crippen molar-refractivity contribution in [1.82, 2.24) is 5.32 Å². The van der Waals surface area contributed by atoms with Gasteiger partial charge in [-0.1, -0.05) is 39.7 Å². The Morgan fingerprint density at radius 3 is 2.44 bits per heavy atom. The molecule has 0 saturated carbocycles. The van der Waals surface area contributed by atoms with Crippen molar-refractivity contribution in [2.45, 2.75) is 24.6 Å². The van der Waals surface area contributed by atoms with E-state index in [9.17, 15) is 4.79 Å². The Balaban J connectivity index is 2.36. The summed E-state index contributed by atoms with van der Waals surface area (Å²) in [5.74, 6) is 0.00136. The van der Waals surface area contributed by atoms with Crippen LogP contribution in [0.2, 0.25) is 5.02 Å². The Kier molecular flexibility index (Phi) is 4.81. The first-order chi connectivity index (χ1) is 7.39. The molecule has 0 atom stereocenters. The first-order valence-electron chi connectivity index (χ1n) is 5.11. The summed E-state index contributed by atoms with van der Waals surface area (Å²) in [5.41, 5.74) is 1.16. The molecule has 0 saturated heterocycles. The number of halogens is 2. The highest BCUT2D eigenvalue weighted by Gasteiger charge is 2.22. The van der Waals surface area contributed by atoms with Gasteiger partial charge in [0.15, 0.2) is 0 Å². The normalized spacial score (nSPS) is 11.2. The summed E-state index contributed by atoms with van der Waals surface area (Å²) in [4.78, 5) is 11.5. The molecule has 0 bridgehead atoms. The highest BCUT2D eigenvalue weighted by atomic mass is 79.9. The zero-order valence-corrected chi connectivity index (χ0v) is 11.7. The molecular weight excluding hydrogens is 289 g/mol. The second-order valence-corrected chi connectivity index (χ2v) is 6.52. The molecule has 2 nitrogen and oxygen atoms in total. The van der Waals surface area contributed by atoms with Crippen molar-refractivity contribution >= 4 is 33.4 Å². The third-order valence-corrected chi connectivity index (χ3v) is 2.76. The lowest BCUT2D eigenvalue weighted by molar-refractivity contribution is -0.122. The van der Waals surface area contributed by atoms with E-state index in [2.05, 4.69) is 21.2 Å². The van der Waals surface area contributed by atoms with Gasteiger partial charge in [-0.25, -0.2) is 0 Å². The monoisotopic (exact) mass is 303 g/mol. The molecule has 16 heavy (non-hydrogen) atoms. The molecule has 0 aliphatic heterocycles. The van der Waals surface area contributed by atoms with Crippen molar-refractivity contribution < 1.29 is 4.79 Å². The van der Waals surface area contributed by atoms with Crippen molar-refractivity contribution in [3.63, 3.8) is 0 Å². The summed E-state index contributed by atoms with van der Waals surface area (Å²) in [6.07, 6.45) is 0.811. The van der Waals surface area contributed by atoms with Gasteiger partial charge in [0.25, 0.3) is 0 Å². The largest absolute Gasteiger partial charge is 0.355 e. The molecular formula is C12H15BrClNO.